The Labute approximate surface area is 192 Å². The zero-order chi connectivity index (χ0) is 23.3. The van der Waals surface area contributed by atoms with Crippen molar-refractivity contribution < 1.29 is 13.2 Å². The molecule has 0 saturated carbocycles. The number of hydrogen-bond acceptors (Lipinski definition) is 7. The van der Waals surface area contributed by atoms with Gasteiger partial charge in [-0.1, -0.05) is 18.2 Å². The molecule has 0 fully saturated rings. The maximum absolute atomic E-state index is 12.6. The summed E-state index contributed by atoms with van der Waals surface area (Å²) in [5, 5.41) is 7.51. The molecule has 33 heavy (non-hydrogen) atoms. The molecule has 0 radical (unpaired) electrons. The Bertz CT molecular complexity index is 1320. The summed E-state index contributed by atoms with van der Waals surface area (Å²) in [5.74, 6) is 2.46. The van der Waals surface area contributed by atoms with E-state index in [0.29, 0.717) is 29.7 Å². The van der Waals surface area contributed by atoms with Crippen LogP contribution in [-0.2, 0) is 10.0 Å². The maximum Gasteiger partial charge on any atom is 0.240 e. The molecule has 0 amide bonds. The van der Waals surface area contributed by atoms with Gasteiger partial charge in [-0.15, -0.1) is 0 Å². The Morgan fingerprint density at radius 3 is 2.33 bits per heavy atom. The van der Waals surface area contributed by atoms with Gasteiger partial charge >= 0.3 is 0 Å². The van der Waals surface area contributed by atoms with E-state index >= 15 is 0 Å². The molecule has 0 aliphatic heterocycles. The Balaban J connectivity index is 1.31. The lowest BCUT2D eigenvalue weighted by Gasteiger charge is -2.10. The van der Waals surface area contributed by atoms with Crippen molar-refractivity contribution in [2.75, 3.05) is 18.4 Å². The number of hydrogen-bond donors (Lipinski definition) is 2. The van der Waals surface area contributed by atoms with Crippen LogP contribution >= 0.6 is 0 Å². The van der Waals surface area contributed by atoms with E-state index < -0.39 is 10.0 Å². The van der Waals surface area contributed by atoms with E-state index in [0.717, 1.165) is 11.4 Å². The van der Waals surface area contributed by atoms with Crippen LogP contribution < -0.4 is 14.8 Å². The number of para-hydroxylation sites is 1. The number of aryl methyl sites for hydroxylation is 2. The van der Waals surface area contributed by atoms with E-state index in [-0.39, 0.29) is 11.4 Å². The first-order valence-electron chi connectivity index (χ1n) is 10.3. The van der Waals surface area contributed by atoms with Gasteiger partial charge in [0.1, 0.15) is 23.6 Å². The number of benzene rings is 2. The van der Waals surface area contributed by atoms with Gasteiger partial charge in [0.25, 0.3) is 0 Å². The van der Waals surface area contributed by atoms with E-state index in [1.54, 1.807) is 22.9 Å². The molecule has 0 aliphatic carbocycles. The van der Waals surface area contributed by atoms with Crippen LogP contribution in [0.25, 0.3) is 5.82 Å². The second-order valence-corrected chi connectivity index (χ2v) is 9.08. The van der Waals surface area contributed by atoms with E-state index in [9.17, 15) is 8.42 Å². The molecule has 2 N–H and O–H groups in total. The molecule has 2 heterocycles. The van der Waals surface area contributed by atoms with Gasteiger partial charge < -0.3 is 10.1 Å². The smallest absolute Gasteiger partial charge is 0.240 e. The maximum atomic E-state index is 12.6. The van der Waals surface area contributed by atoms with Crippen molar-refractivity contribution in [1.82, 2.24) is 24.5 Å². The predicted molar refractivity (Wildman–Crippen MR) is 125 cm³/mol. The number of nitrogens with zero attached hydrogens (tertiary/aromatic N) is 4. The van der Waals surface area contributed by atoms with Gasteiger partial charge in [0, 0.05) is 24.8 Å². The monoisotopic (exact) mass is 464 g/mol. The molecule has 2 aromatic heterocycles. The third-order valence-corrected chi connectivity index (χ3v) is 6.19. The molecule has 0 spiro atoms. The summed E-state index contributed by atoms with van der Waals surface area (Å²) in [7, 11) is -3.65. The highest BCUT2D eigenvalue weighted by molar-refractivity contribution is 7.89. The third kappa shape index (κ3) is 5.73. The Kier molecular flexibility index (Phi) is 6.66. The molecular weight excluding hydrogens is 440 g/mol. The minimum absolute atomic E-state index is 0.164. The molecule has 0 aliphatic rings. The first-order chi connectivity index (χ1) is 15.9. The average Bonchev–Trinajstić information content (AvgIpc) is 3.16. The molecule has 10 heteroatoms. The summed E-state index contributed by atoms with van der Waals surface area (Å²) in [5.41, 5.74) is 1.86. The normalized spacial score (nSPS) is 11.3. The first-order valence-corrected chi connectivity index (χ1v) is 11.8. The first kappa shape index (κ1) is 22.4. The van der Waals surface area contributed by atoms with E-state index in [4.69, 9.17) is 4.74 Å². The minimum Gasteiger partial charge on any atom is -0.457 e. The van der Waals surface area contributed by atoms with Crippen molar-refractivity contribution in [3.8, 4) is 17.3 Å². The fourth-order valence-electron chi connectivity index (χ4n) is 3.19. The topological polar surface area (TPSA) is 111 Å². The SMILES string of the molecule is Cc1cc(C)n(-c2cc(NCCNS(=O)(=O)c3ccc(Oc4ccccc4)cc3)ncn2)n1. The number of nitrogens with one attached hydrogen (secondary N) is 2. The van der Waals surface area contributed by atoms with Gasteiger partial charge in [-0.2, -0.15) is 5.10 Å². The Morgan fingerprint density at radius 1 is 0.909 bits per heavy atom. The fraction of sp³-hybridized carbons (Fsp3) is 0.174. The summed E-state index contributed by atoms with van der Waals surface area (Å²) in [4.78, 5) is 8.60. The van der Waals surface area contributed by atoms with Gasteiger partial charge in [0.15, 0.2) is 5.82 Å². The molecule has 0 unspecified atom stereocenters. The van der Waals surface area contributed by atoms with Crippen molar-refractivity contribution in [3.05, 3.63) is 84.4 Å². The number of aromatic nitrogens is 4. The number of ether oxygens (including phenoxy) is 1. The largest absolute Gasteiger partial charge is 0.457 e. The van der Waals surface area contributed by atoms with Crippen molar-refractivity contribution in [1.29, 1.82) is 0 Å². The number of anilines is 1. The van der Waals surface area contributed by atoms with Gasteiger partial charge in [-0.05, 0) is 56.3 Å². The van der Waals surface area contributed by atoms with Gasteiger partial charge in [0.2, 0.25) is 10.0 Å². The van der Waals surface area contributed by atoms with Crippen molar-refractivity contribution in [3.63, 3.8) is 0 Å². The van der Waals surface area contributed by atoms with Crippen molar-refractivity contribution in [2.24, 2.45) is 0 Å². The standard InChI is InChI=1S/C23H24N6O3S/c1-17-14-18(2)29(28-17)23-15-22(25-16-26-23)24-12-13-27-33(30,31)21-10-8-20(9-11-21)32-19-6-4-3-5-7-19/h3-11,14-16,27H,12-13H2,1-2H3,(H,24,25,26). The van der Waals surface area contributed by atoms with Gasteiger partial charge in [0.05, 0.1) is 10.6 Å². The summed E-state index contributed by atoms with van der Waals surface area (Å²) in [6.07, 6.45) is 1.44. The van der Waals surface area contributed by atoms with Crippen LogP contribution in [0.4, 0.5) is 5.82 Å². The second kappa shape index (κ2) is 9.80. The molecule has 0 saturated heterocycles. The zero-order valence-electron chi connectivity index (χ0n) is 18.3. The minimum atomic E-state index is -3.65. The van der Waals surface area contributed by atoms with Crippen molar-refractivity contribution >= 4 is 15.8 Å². The predicted octanol–water partition coefficient (Wildman–Crippen LogP) is 3.46. The van der Waals surface area contributed by atoms with E-state index in [1.807, 2.05) is 50.2 Å². The summed E-state index contributed by atoms with van der Waals surface area (Å²) >= 11 is 0. The Hall–Kier alpha value is -3.76. The summed E-state index contributed by atoms with van der Waals surface area (Å²) < 4.78 is 35.2. The lowest BCUT2D eigenvalue weighted by atomic mass is 10.3. The van der Waals surface area contributed by atoms with Crippen LogP contribution in [0, 0.1) is 13.8 Å². The molecule has 4 aromatic rings. The third-order valence-electron chi connectivity index (χ3n) is 4.72. The summed E-state index contributed by atoms with van der Waals surface area (Å²) in [6, 6.07) is 19.3. The Morgan fingerprint density at radius 2 is 1.64 bits per heavy atom. The molecule has 9 nitrogen and oxygen atoms in total. The molecule has 170 valence electrons. The summed E-state index contributed by atoms with van der Waals surface area (Å²) in [6.45, 7) is 4.40. The van der Waals surface area contributed by atoms with Crippen LogP contribution in [0.2, 0.25) is 0 Å². The number of sulfonamides is 1. The van der Waals surface area contributed by atoms with Crippen LogP contribution in [0.1, 0.15) is 11.4 Å². The van der Waals surface area contributed by atoms with Crippen molar-refractivity contribution in [2.45, 2.75) is 18.7 Å². The molecule has 0 bridgehead atoms. The van der Waals surface area contributed by atoms with Crippen LogP contribution in [-0.4, -0.2) is 41.3 Å². The second-order valence-electron chi connectivity index (χ2n) is 7.31. The quantitative estimate of drug-likeness (QED) is 0.365. The van der Waals surface area contributed by atoms with Crippen LogP contribution in [0.15, 0.2) is 78.0 Å². The molecule has 4 rings (SSSR count). The van der Waals surface area contributed by atoms with E-state index in [2.05, 4.69) is 25.1 Å². The molecule has 0 atom stereocenters. The highest BCUT2D eigenvalue weighted by Gasteiger charge is 2.13. The number of rotatable bonds is 9. The zero-order valence-corrected chi connectivity index (χ0v) is 19.1. The lowest BCUT2D eigenvalue weighted by Crippen LogP contribution is -2.29. The highest BCUT2D eigenvalue weighted by Crippen LogP contribution is 2.22. The fourth-order valence-corrected chi connectivity index (χ4v) is 4.22. The molecular formula is C23H24N6O3S. The average molecular weight is 465 g/mol. The van der Waals surface area contributed by atoms with Crippen LogP contribution in [0.5, 0.6) is 11.5 Å². The van der Waals surface area contributed by atoms with Crippen LogP contribution in [0.3, 0.4) is 0 Å². The lowest BCUT2D eigenvalue weighted by molar-refractivity contribution is 0.482. The molecule has 2 aromatic carbocycles. The van der Waals surface area contributed by atoms with Gasteiger partial charge in [-0.25, -0.2) is 27.8 Å². The van der Waals surface area contributed by atoms with Gasteiger partial charge in [-0.3, -0.25) is 0 Å². The highest BCUT2D eigenvalue weighted by atomic mass is 32.2. The van der Waals surface area contributed by atoms with E-state index in [1.165, 1.54) is 18.5 Å².